The molecular weight excluding hydrogens is 319 g/mol. The van der Waals surface area contributed by atoms with Crippen LogP contribution >= 0.6 is 0 Å². The molecule has 130 valence electrons. The lowest BCUT2D eigenvalue weighted by Crippen LogP contribution is -2.49. The van der Waals surface area contributed by atoms with Crippen LogP contribution in [0, 0.1) is 17.7 Å². The van der Waals surface area contributed by atoms with Gasteiger partial charge in [-0.25, -0.2) is 4.39 Å². The number of aliphatic hydroxyl groups excluding tert-OH is 1. The quantitative estimate of drug-likeness (QED) is 0.889. The minimum Gasteiger partial charge on any atom is -0.394 e. The van der Waals surface area contributed by atoms with E-state index in [9.17, 15) is 17.9 Å². The van der Waals surface area contributed by atoms with Crippen molar-refractivity contribution in [2.45, 2.75) is 26.3 Å². The van der Waals surface area contributed by atoms with E-state index >= 15 is 0 Å². The second kappa shape index (κ2) is 7.25. The van der Waals surface area contributed by atoms with Gasteiger partial charge in [0.1, 0.15) is 5.82 Å². The van der Waals surface area contributed by atoms with E-state index in [-0.39, 0.29) is 0 Å². The van der Waals surface area contributed by atoms with E-state index < -0.39 is 28.7 Å². The summed E-state index contributed by atoms with van der Waals surface area (Å²) in [7, 11) is -2.28. The number of hydrogen-bond acceptors (Lipinski definition) is 3. The maximum Gasteiger partial charge on any atom is 0.282 e. The van der Waals surface area contributed by atoms with Crippen molar-refractivity contribution in [3.05, 3.63) is 35.6 Å². The van der Waals surface area contributed by atoms with Crippen molar-refractivity contribution in [2.75, 3.05) is 26.7 Å². The lowest BCUT2D eigenvalue weighted by molar-refractivity contribution is 0.177. The van der Waals surface area contributed by atoms with Gasteiger partial charge in [0.15, 0.2) is 0 Å². The van der Waals surface area contributed by atoms with E-state index in [0.717, 1.165) is 10.7 Å². The predicted molar refractivity (Wildman–Crippen MR) is 87.4 cm³/mol. The monoisotopic (exact) mass is 344 g/mol. The Labute approximate surface area is 137 Å². The summed E-state index contributed by atoms with van der Waals surface area (Å²) in [5.74, 6) is 0.138. The van der Waals surface area contributed by atoms with Gasteiger partial charge in [0, 0.05) is 20.1 Å². The van der Waals surface area contributed by atoms with Gasteiger partial charge < -0.3 is 5.11 Å². The molecular formula is C16H25FN2O3S. The Kier molecular flexibility index (Phi) is 5.78. The van der Waals surface area contributed by atoms with Gasteiger partial charge in [-0.05, 0) is 36.0 Å². The summed E-state index contributed by atoms with van der Waals surface area (Å²) in [6.45, 7) is 4.61. The van der Waals surface area contributed by atoms with Crippen molar-refractivity contribution < 1.29 is 17.9 Å². The number of nitrogens with zero attached hydrogens (tertiary/aromatic N) is 2. The van der Waals surface area contributed by atoms with Crippen LogP contribution in [0.1, 0.15) is 31.9 Å². The Morgan fingerprint density at radius 3 is 2.48 bits per heavy atom. The summed E-state index contributed by atoms with van der Waals surface area (Å²) in [6.07, 6.45) is 1.00. The summed E-state index contributed by atoms with van der Waals surface area (Å²) >= 11 is 0. The zero-order valence-corrected chi connectivity index (χ0v) is 14.6. The fourth-order valence-electron chi connectivity index (χ4n) is 3.28. The van der Waals surface area contributed by atoms with Crippen LogP contribution in [0.3, 0.4) is 0 Å². The van der Waals surface area contributed by atoms with Crippen LogP contribution in [0.5, 0.6) is 0 Å². The predicted octanol–water partition coefficient (Wildman–Crippen LogP) is 2.01. The average molecular weight is 344 g/mol. The van der Waals surface area contributed by atoms with Crippen molar-refractivity contribution in [3.8, 4) is 0 Å². The first-order chi connectivity index (χ1) is 10.8. The first-order valence-electron chi connectivity index (χ1n) is 7.85. The first-order valence-corrected chi connectivity index (χ1v) is 9.24. The highest BCUT2D eigenvalue weighted by Gasteiger charge is 2.36. The van der Waals surface area contributed by atoms with Crippen molar-refractivity contribution >= 4 is 10.2 Å². The van der Waals surface area contributed by atoms with Crippen molar-refractivity contribution in [2.24, 2.45) is 11.8 Å². The number of aliphatic hydroxyl groups is 1. The van der Waals surface area contributed by atoms with Gasteiger partial charge in [-0.3, -0.25) is 0 Å². The van der Waals surface area contributed by atoms with E-state index in [4.69, 9.17) is 0 Å². The zero-order valence-electron chi connectivity index (χ0n) is 13.8. The number of piperidine rings is 1. The molecule has 23 heavy (non-hydrogen) atoms. The number of hydrogen-bond donors (Lipinski definition) is 1. The van der Waals surface area contributed by atoms with Crippen LogP contribution in [0.25, 0.3) is 0 Å². The smallest absolute Gasteiger partial charge is 0.282 e. The minimum absolute atomic E-state index is 0.295. The highest BCUT2D eigenvalue weighted by molar-refractivity contribution is 7.86. The molecule has 0 radical (unpaired) electrons. The molecule has 1 fully saturated rings. The lowest BCUT2D eigenvalue weighted by Gasteiger charge is -2.38. The average Bonchev–Trinajstić information content (AvgIpc) is 2.47. The molecule has 0 aliphatic carbocycles. The van der Waals surface area contributed by atoms with Gasteiger partial charge in [0.2, 0.25) is 0 Å². The Bertz CT molecular complexity index is 628. The molecule has 1 aliphatic heterocycles. The third kappa shape index (κ3) is 4.09. The number of benzene rings is 1. The van der Waals surface area contributed by atoms with Gasteiger partial charge in [-0.2, -0.15) is 17.0 Å². The third-order valence-electron chi connectivity index (χ3n) is 4.37. The third-order valence-corrected chi connectivity index (χ3v) is 6.30. The molecule has 0 aromatic heterocycles. The van der Waals surface area contributed by atoms with Gasteiger partial charge in [-0.1, -0.05) is 26.0 Å². The van der Waals surface area contributed by atoms with E-state index in [0.29, 0.717) is 30.5 Å². The van der Waals surface area contributed by atoms with Crippen LogP contribution < -0.4 is 0 Å². The molecule has 1 N–H and O–H groups in total. The van der Waals surface area contributed by atoms with E-state index in [1.165, 1.54) is 29.6 Å². The fourth-order valence-corrected chi connectivity index (χ4v) is 5.04. The van der Waals surface area contributed by atoms with Crippen molar-refractivity contribution in [1.82, 2.24) is 8.61 Å². The Morgan fingerprint density at radius 2 is 1.96 bits per heavy atom. The van der Waals surface area contributed by atoms with Crippen molar-refractivity contribution in [3.63, 3.8) is 0 Å². The molecule has 0 bridgehead atoms. The molecule has 7 heteroatoms. The summed E-state index contributed by atoms with van der Waals surface area (Å²) in [6, 6.07) is 4.88. The van der Waals surface area contributed by atoms with Gasteiger partial charge in [-0.15, -0.1) is 0 Å². The van der Waals surface area contributed by atoms with E-state index in [2.05, 4.69) is 0 Å². The van der Waals surface area contributed by atoms with E-state index in [1.807, 2.05) is 13.8 Å². The van der Waals surface area contributed by atoms with Gasteiger partial charge in [0.25, 0.3) is 10.2 Å². The largest absolute Gasteiger partial charge is 0.394 e. The van der Waals surface area contributed by atoms with Crippen LogP contribution in [0.2, 0.25) is 0 Å². The summed E-state index contributed by atoms with van der Waals surface area (Å²) < 4.78 is 41.8. The molecule has 0 unspecified atom stereocenters. The van der Waals surface area contributed by atoms with Gasteiger partial charge in [0.05, 0.1) is 12.6 Å². The first kappa shape index (κ1) is 18.3. The molecule has 5 nitrogen and oxygen atoms in total. The molecule has 1 saturated heterocycles. The molecule has 1 aliphatic rings. The highest BCUT2D eigenvalue weighted by atomic mass is 32.2. The SMILES string of the molecule is C[C@@H]1C[C@H](C)CN(S(=O)(=O)N(C)[C@@H](CO)c2cccc(F)c2)C1. The maximum atomic E-state index is 13.4. The van der Waals surface area contributed by atoms with Crippen LogP contribution in [0.4, 0.5) is 4.39 Å². The molecule has 3 atom stereocenters. The summed E-state index contributed by atoms with van der Waals surface area (Å²) in [5.41, 5.74) is 0.441. The lowest BCUT2D eigenvalue weighted by atomic mass is 9.94. The standard InChI is InChI=1S/C16H25FN2O3S/c1-12-7-13(2)10-19(9-12)23(21,22)18(3)16(11-20)14-5-4-6-15(17)8-14/h4-6,8,12-13,16,20H,7,9-11H2,1-3H3/t12-,13+,16-/m0/s1. The highest BCUT2D eigenvalue weighted by Crippen LogP contribution is 2.28. The zero-order chi connectivity index (χ0) is 17.2. The second-order valence-corrected chi connectivity index (χ2v) is 8.53. The van der Waals surface area contributed by atoms with Crippen LogP contribution in [-0.2, 0) is 10.2 Å². The molecule has 2 rings (SSSR count). The molecule has 0 spiro atoms. The minimum atomic E-state index is -3.72. The second-order valence-electron chi connectivity index (χ2n) is 6.54. The number of rotatable bonds is 5. The van der Waals surface area contributed by atoms with Crippen molar-refractivity contribution in [1.29, 1.82) is 0 Å². The topological polar surface area (TPSA) is 60.9 Å². The summed E-state index contributed by atoms with van der Waals surface area (Å²) in [5, 5.41) is 9.66. The molecule has 1 heterocycles. The van der Waals surface area contributed by atoms with E-state index in [1.54, 1.807) is 6.07 Å². The molecule has 0 amide bonds. The Hall–Kier alpha value is -1.02. The molecule has 0 saturated carbocycles. The van der Waals surface area contributed by atoms with Crippen LogP contribution in [-0.4, -0.2) is 48.9 Å². The fraction of sp³-hybridized carbons (Fsp3) is 0.625. The summed E-state index contributed by atoms with van der Waals surface area (Å²) in [4.78, 5) is 0. The normalized spacial score (nSPS) is 24.8. The van der Waals surface area contributed by atoms with Crippen LogP contribution in [0.15, 0.2) is 24.3 Å². The Morgan fingerprint density at radius 1 is 1.35 bits per heavy atom. The number of likely N-dealkylation sites (N-methyl/N-ethyl adjacent to an activating group) is 1. The maximum absolute atomic E-state index is 13.4. The number of halogens is 1. The Balaban J connectivity index is 2.26. The van der Waals surface area contributed by atoms with Gasteiger partial charge >= 0.3 is 0 Å². The molecule has 1 aromatic rings. The molecule has 1 aromatic carbocycles.